The van der Waals surface area contributed by atoms with E-state index in [1.807, 2.05) is 0 Å². The molecule has 2 saturated heterocycles. The standard InChI is InChI=1S/C65H93N17O16S2.Pb/c1-38(83)56-64(96)76-51(63(95)78-57(39(2)84)65(97)98)37-100-99-36-50(75-59(91)47(28-40-10-4-3-5-11-40)71-55(89)35-82-26-24-80(33-53(68)87)22-20-79(32-52(67)86)21-23-81(25-27-82)34-54(69)88)62(94)73-48(29-41-15-17-43(85)18-16-41)60(92)74-49(30-42-31-70-45-13-7-6-12-44(42)45)61(93)72-46(58(90)77-56)14-8-9-19-66;/h3-7,10-13,15-18,31,38-39,46-51,56-57,70,83-85H,8-9,14,19-30,32-37,66H2,1-2H3,(H2,67,86)(H2,68,87)(H2,69,88)(H,71,89)(H,72,93)(H,73,94)(H,74,92)(H,75,91)(H,76,96)(H,77,90)(H,78,95)(H,97,98);/q;+2/p-2/t38-,39-,46+,47-,48+,49-,50+,51+,56+,57+;/m1./s1/i;1+5. The average molecular weight is 1640 g/mol. The third-order valence-corrected chi connectivity index (χ3v) is 19.0. The number of primary amides is 2. The Labute approximate surface area is 612 Å². The van der Waals surface area contributed by atoms with Crippen molar-refractivity contribution in [3.63, 3.8) is 0 Å². The second-order valence-corrected chi connectivity index (χ2v) is 27.2. The molecule has 2 radical (unpaired) electrons. The van der Waals surface area contributed by atoms with Gasteiger partial charge in [0.2, 0.25) is 59.1 Å². The molecule has 0 saturated carbocycles. The average Bonchev–Trinajstić information content (AvgIpc) is 1.75. The SMILES string of the molecule is C[C@@H](O)[C@H](NC(=O)[C@@H]1CSSC[C@H](NC(=O)[C@@H](Cc2ccccc2)NC(=O)CN2CCN(CC(N)=O)CCN(CC(=N)[O-])CCN(CC(N)=O)CC2)C(=O)N[C@@H](Cc2ccc([O-])cc2)C(=O)N[C@H](Cc2c[nH]c3ccccc23)C(=O)N[C@@H](CCCCN)C(=O)N[C@@H]([C@@H](C)O)C(=O)N1)C(=O)O.[212Pb+2]. The second kappa shape index (κ2) is 42.4. The third kappa shape index (κ3) is 28.4. The van der Waals surface area contributed by atoms with Gasteiger partial charge in [0.1, 0.15) is 42.3 Å². The largest absolute Gasteiger partial charge is 2.00 e. The van der Waals surface area contributed by atoms with Crippen molar-refractivity contribution in [2.75, 3.05) is 96.6 Å². The third-order valence-electron chi connectivity index (χ3n) is 16.6. The number of hydrogen-bond donors (Lipinski definition) is 16. The van der Waals surface area contributed by atoms with Crippen LogP contribution in [0.25, 0.3) is 10.9 Å². The van der Waals surface area contributed by atoms with Crippen LogP contribution in [0.2, 0.25) is 0 Å². The number of hydrogen-bond acceptors (Lipinski definition) is 23. The fourth-order valence-electron chi connectivity index (χ4n) is 11.2. The molecule has 33 nitrogen and oxygen atoms in total. The summed E-state index contributed by atoms with van der Waals surface area (Å²) in [4.78, 5) is 165. The summed E-state index contributed by atoms with van der Waals surface area (Å²) in [5, 5.41) is 84.9. The number of carboxylic acid groups (broad SMARTS) is 1. The maximum absolute atomic E-state index is 15.3. The molecule has 19 N–H and O–H groups in total. The molecule has 0 bridgehead atoms. The van der Waals surface area contributed by atoms with Crippen LogP contribution in [-0.2, 0) is 72.0 Å². The van der Waals surface area contributed by atoms with E-state index >= 15 is 14.4 Å². The van der Waals surface area contributed by atoms with Crippen molar-refractivity contribution >= 4 is 131 Å². The van der Waals surface area contributed by atoms with Gasteiger partial charge in [-0.2, -0.15) is 0 Å². The number of fused-ring (bicyclic) bond motifs is 1. The molecule has 0 unspecified atom stereocenters. The van der Waals surface area contributed by atoms with Crippen LogP contribution < -0.4 is 69.9 Å². The number of nitrogens with zero attached hydrogens (tertiary/aromatic N) is 4. The maximum atomic E-state index is 15.3. The summed E-state index contributed by atoms with van der Waals surface area (Å²) in [6, 6.07) is 7.79. The van der Waals surface area contributed by atoms with Gasteiger partial charge >= 0.3 is 33.3 Å². The number of aromatic amines is 1. The van der Waals surface area contributed by atoms with Gasteiger partial charge in [0.15, 0.2) is 6.04 Å². The Hall–Kier alpha value is -8.02. The van der Waals surface area contributed by atoms with Crippen molar-refractivity contribution in [3.8, 4) is 5.75 Å². The predicted octanol–water partition coefficient (Wildman–Crippen LogP) is -6.33. The van der Waals surface area contributed by atoms with E-state index in [2.05, 4.69) is 47.5 Å². The number of rotatable bonds is 26. The molecule has 6 rings (SSSR count). The fraction of sp³-hybridized carbons (Fsp3) is 0.508. The van der Waals surface area contributed by atoms with Crippen LogP contribution in [0.15, 0.2) is 85.1 Å². The number of aromatic nitrogens is 1. The van der Waals surface area contributed by atoms with Crippen LogP contribution in [0.5, 0.6) is 5.75 Å². The van der Waals surface area contributed by atoms with Crippen molar-refractivity contribution in [1.29, 1.82) is 5.41 Å². The Morgan fingerprint density at radius 3 is 1.74 bits per heavy atom. The molecule has 2 aliphatic rings. The molecule has 0 spiro atoms. The number of carbonyl (C=O) groups is 11. The monoisotopic (exact) mass is 1640 g/mol. The number of carboxylic acids is 1. The van der Waals surface area contributed by atoms with E-state index in [4.69, 9.17) is 22.6 Å². The Kier molecular flexibility index (Phi) is 35.1. The Morgan fingerprint density at radius 1 is 0.644 bits per heavy atom. The molecule has 3 aromatic carbocycles. The number of amides is 10. The molecule has 0 aliphatic carbocycles. The molecule has 10 amide bonds. The molecule has 1 aromatic heterocycles. The summed E-state index contributed by atoms with van der Waals surface area (Å²) >= 11 is 0. The molecule has 548 valence electrons. The Balaban J connectivity index is 0.0000184. The summed E-state index contributed by atoms with van der Waals surface area (Å²) in [5.41, 5.74) is 19.2. The summed E-state index contributed by atoms with van der Waals surface area (Å²) in [5.74, 6) is -12.8. The van der Waals surface area contributed by atoms with E-state index in [-0.39, 0.29) is 150 Å². The van der Waals surface area contributed by atoms with E-state index < -0.39 is 143 Å². The van der Waals surface area contributed by atoms with Crippen molar-refractivity contribution in [2.24, 2.45) is 17.2 Å². The van der Waals surface area contributed by atoms with E-state index in [1.165, 1.54) is 31.2 Å². The maximum Gasteiger partial charge on any atom is 2.00 e. The minimum Gasteiger partial charge on any atom is -0.872 e. The molecule has 10 atom stereocenters. The first-order chi connectivity index (χ1) is 47.7. The molecule has 36 heteroatoms. The normalized spacial score (nSPS) is 21.7. The van der Waals surface area contributed by atoms with Gasteiger partial charge in [-0.3, -0.25) is 67.5 Å². The number of benzene rings is 3. The predicted molar refractivity (Wildman–Crippen MR) is 374 cm³/mol. The van der Waals surface area contributed by atoms with Gasteiger partial charge in [-0.1, -0.05) is 94.4 Å². The summed E-state index contributed by atoms with van der Waals surface area (Å²) in [6.07, 6.45) is -1.88. The van der Waals surface area contributed by atoms with Crippen LogP contribution in [0.4, 0.5) is 0 Å². The van der Waals surface area contributed by atoms with Crippen LogP contribution in [-0.4, -0.2) is 295 Å². The minimum absolute atomic E-state index is 0. The smallest absolute Gasteiger partial charge is 0.872 e. The van der Waals surface area contributed by atoms with Gasteiger partial charge in [-0.15, -0.1) is 5.75 Å². The summed E-state index contributed by atoms with van der Waals surface area (Å²) < 4.78 is 0. The van der Waals surface area contributed by atoms with Gasteiger partial charge in [0.05, 0.1) is 31.8 Å². The number of nitrogens with two attached hydrogens (primary N) is 3. The number of aliphatic hydroxyl groups is 2. The first-order valence-electron chi connectivity index (χ1n) is 32.7. The van der Waals surface area contributed by atoms with Crippen molar-refractivity contribution in [1.82, 2.24) is 67.1 Å². The number of unbranched alkanes of at least 4 members (excludes halogenated alkanes) is 1. The number of nitrogens with one attached hydrogen (secondary N) is 10. The van der Waals surface area contributed by atoms with Crippen molar-refractivity contribution < 1.29 is 78.3 Å². The van der Waals surface area contributed by atoms with E-state index in [0.29, 0.717) is 34.0 Å². The first-order valence-corrected chi connectivity index (χ1v) is 35.2. The van der Waals surface area contributed by atoms with E-state index in [0.717, 1.165) is 28.5 Å². The van der Waals surface area contributed by atoms with Gasteiger partial charge in [0.25, 0.3) is 0 Å². The van der Waals surface area contributed by atoms with Gasteiger partial charge < -0.3 is 95.7 Å². The summed E-state index contributed by atoms with van der Waals surface area (Å²) in [7, 11) is 1.68. The van der Waals surface area contributed by atoms with Crippen molar-refractivity contribution in [2.45, 2.75) is 113 Å². The summed E-state index contributed by atoms with van der Waals surface area (Å²) in [6.45, 7) is 3.08. The zero-order chi connectivity index (χ0) is 73.0. The van der Waals surface area contributed by atoms with Gasteiger partial charge in [0, 0.05) is 107 Å². The van der Waals surface area contributed by atoms with Gasteiger partial charge in [-0.05, 0) is 68.3 Å². The van der Waals surface area contributed by atoms with Crippen molar-refractivity contribution in [3.05, 3.63) is 102 Å². The Bertz CT molecular complexity index is 3420. The van der Waals surface area contributed by atoms with Crippen LogP contribution in [0.3, 0.4) is 0 Å². The molecule has 101 heavy (non-hydrogen) atoms. The topological polar surface area (TPSA) is 521 Å². The number of aliphatic carboxylic acids is 1. The minimum atomic E-state index is -1.90. The number of para-hydroxylation sites is 1. The molecule has 3 heterocycles. The zero-order valence-corrected chi connectivity index (χ0v) is 61.7. The Morgan fingerprint density at radius 2 is 1.18 bits per heavy atom. The van der Waals surface area contributed by atoms with Crippen LogP contribution in [0, 0.1) is 5.41 Å². The van der Waals surface area contributed by atoms with E-state index in [1.54, 1.807) is 80.4 Å². The number of aliphatic hydroxyl groups excluding tert-OH is 2. The number of H-pyrrole nitrogens is 1. The van der Waals surface area contributed by atoms with Crippen LogP contribution >= 0.6 is 21.6 Å². The fourth-order valence-corrected chi connectivity index (χ4v) is 13.5. The molecular formula is C65H91N17O16PbS2. The quantitative estimate of drug-likeness (QED) is 0.00914. The first kappa shape index (κ1) is 83.6. The molecule has 2 aliphatic heterocycles. The van der Waals surface area contributed by atoms with Crippen LogP contribution in [0.1, 0.15) is 49.8 Å². The molecule has 4 aromatic rings. The second-order valence-electron chi connectivity index (χ2n) is 24.6. The van der Waals surface area contributed by atoms with E-state index in [9.17, 15) is 63.9 Å². The molecule has 2 fully saturated rings. The molecular weight excluding hydrogens is 1550 g/mol. The van der Waals surface area contributed by atoms with Gasteiger partial charge in [-0.25, -0.2) is 4.79 Å². The number of carbonyl (C=O) groups excluding carboxylic acids is 10. The zero-order valence-electron chi connectivity index (χ0n) is 56.2.